The van der Waals surface area contributed by atoms with Crippen LogP contribution in [0, 0.1) is 17.3 Å². The lowest BCUT2D eigenvalue weighted by molar-refractivity contribution is -0.146. The van der Waals surface area contributed by atoms with Gasteiger partial charge in [0.25, 0.3) is 0 Å². The van der Waals surface area contributed by atoms with Crippen molar-refractivity contribution < 1.29 is 9.59 Å². The van der Waals surface area contributed by atoms with Gasteiger partial charge in [0.1, 0.15) is 0 Å². The highest BCUT2D eigenvalue weighted by atomic mass is 35.5. The van der Waals surface area contributed by atoms with Crippen LogP contribution in [0.3, 0.4) is 0 Å². The van der Waals surface area contributed by atoms with Crippen LogP contribution in [0.15, 0.2) is 0 Å². The number of nitrogens with zero attached hydrogens (tertiary/aromatic N) is 2. The number of halogens is 1. The van der Waals surface area contributed by atoms with E-state index in [0.717, 1.165) is 45.3 Å². The maximum atomic E-state index is 12.9. The molecule has 3 atom stereocenters. The Morgan fingerprint density at radius 1 is 1.04 bits per heavy atom. The molecule has 0 aromatic rings. The van der Waals surface area contributed by atoms with E-state index in [1.807, 2.05) is 37.5 Å². The summed E-state index contributed by atoms with van der Waals surface area (Å²) in [4.78, 5) is 29.3. The van der Waals surface area contributed by atoms with Crippen LogP contribution in [0.5, 0.6) is 0 Å². The number of piperidine rings is 2. The van der Waals surface area contributed by atoms with Crippen molar-refractivity contribution in [1.82, 2.24) is 9.80 Å². The first-order chi connectivity index (χ1) is 10.7. The minimum atomic E-state index is -0.379. The zero-order valence-corrected chi connectivity index (χ0v) is 16.4. The summed E-state index contributed by atoms with van der Waals surface area (Å²) in [7, 11) is 0. The fourth-order valence-corrected chi connectivity index (χ4v) is 3.74. The van der Waals surface area contributed by atoms with Gasteiger partial charge in [-0.1, -0.05) is 20.8 Å². The van der Waals surface area contributed by atoms with Crippen LogP contribution in [0.2, 0.25) is 0 Å². The van der Waals surface area contributed by atoms with E-state index in [1.165, 1.54) is 0 Å². The van der Waals surface area contributed by atoms with Gasteiger partial charge in [-0.2, -0.15) is 0 Å². The van der Waals surface area contributed by atoms with Gasteiger partial charge < -0.3 is 15.5 Å². The Morgan fingerprint density at radius 3 is 2.21 bits per heavy atom. The van der Waals surface area contributed by atoms with Gasteiger partial charge in [0.2, 0.25) is 11.8 Å². The van der Waals surface area contributed by atoms with Crippen molar-refractivity contribution in [3.05, 3.63) is 0 Å². The van der Waals surface area contributed by atoms with Gasteiger partial charge in [0.05, 0.1) is 5.92 Å². The Labute approximate surface area is 152 Å². The van der Waals surface area contributed by atoms with E-state index in [9.17, 15) is 9.59 Å². The third-order valence-electron chi connectivity index (χ3n) is 5.21. The van der Waals surface area contributed by atoms with Gasteiger partial charge in [-0.25, -0.2) is 0 Å². The van der Waals surface area contributed by atoms with E-state index >= 15 is 0 Å². The quantitative estimate of drug-likeness (QED) is 0.822. The topological polar surface area (TPSA) is 66.6 Å². The molecule has 0 saturated carbocycles. The summed E-state index contributed by atoms with van der Waals surface area (Å²) in [6.07, 6.45) is 3.96. The number of hydrogen-bond acceptors (Lipinski definition) is 3. The van der Waals surface area contributed by atoms with Gasteiger partial charge in [0, 0.05) is 37.6 Å². The number of nitrogens with two attached hydrogens (primary N) is 1. The molecule has 2 saturated heterocycles. The molecule has 0 radical (unpaired) electrons. The summed E-state index contributed by atoms with van der Waals surface area (Å²) in [6, 6.07) is 0.135. The lowest BCUT2D eigenvalue weighted by atomic mass is 9.88. The average Bonchev–Trinajstić information content (AvgIpc) is 2.52. The first kappa shape index (κ1) is 21.2. The monoisotopic (exact) mass is 359 g/mol. The Kier molecular flexibility index (Phi) is 7.54. The summed E-state index contributed by atoms with van der Waals surface area (Å²) in [5.41, 5.74) is 5.65. The van der Waals surface area contributed by atoms with Crippen molar-refractivity contribution in [2.24, 2.45) is 23.0 Å². The smallest absolute Gasteiger partial charge is 0.227 e. The van der Waals surface area contributed by atoms with Crippen LogP contribution < -0.4 is 5.73 Å². The minimum Gasteiger partial charge on any atom is -0.342 e. The van der Waals surface area contributed by atoms with Gasteiger partial charge in [-0.05, 0) is 38.5 Å². The number of carbonyl (C=O) groups excluding carboxylic acids is 2. The molecule has 0 spiro atoms. The fourth-order valence-electron chi connectivity index (χ4n) is 3.74. The van der Waals surface area contributed by atoms with Crippen LogP contribution in [-0.4, -0.2) is 53.8 Å². The first-order valence-corrected chi connectivity index (χ1v) is 9.04. The molecule has 0 bridgehead atoms. The standard InChI is InChI=1S/C18H33N3O2.ClH/c1-13(19)14-7-5-9-20(11-14)16(22)15-8-6-10-21(12-15)17(23)18(2,3)4;/h13-15H,5-12,19H2,1-4H3;1H. The van der Waals surface area contributed by atoms with Crippen molar-refractivity contribution in [1.29, 1.82) is 0 Å². The summed E-state index contributed by atoms with van der Waals surface area (Å²) < 4.78 is 0. The molecule has 2 fully saturated rings. The van der Waals surface area contributed by atoms with E-state index in [4.69, 9.17) is 5.73 Å². The molecular weight excluding hydrogens is 326 g/mol. The molecule has 0 aliphatic carbocycles. The largest absolute Gasteiger partial charge is 0.342 e. The summed E-state index contributed by atoms with van der Waals surface area (Å²) >= 11 is 0. The highest BCUT2D eigenvalue weighted by molar-refractivity contribution is 5.85. The van der Waals surface area contributed by atoms with E-state index in [1.54, 1.807) is 0 Å². The van der Waals surface area contributed by atoms with E-state index in [-0.39, 0.29) is 41.6 Å². The molecule has 2 aliphatic rings. The lowest BCUT2D eigenvalue weighted by Crippen LogP contribution is -2.52. The van der Waals surface area contributed by atoms with Crippen LogP contribution in [-0.2, 0) is 9.59 Å². The minimum absolute atomic E-state index is 0. The second-order valence-corrected chi connectivity index (χ2v) is 8.39. The van der Waals surface area contributed by atoms with E-state index < -0.39 is 0 Å². The van der Waals surface area contributed by atoms with Gasteiger partial charge in [0.15, 0.2) is 0 Å². The second-order valence-electron chi connectivity index (χ2n) is 8.39. The normalized spacial score (nSPS) is 26.5. The van der Waals surface area contributed by atoms with Crippen molar-refractivity contribution in [2.45, 2.75) is 59.4 Å². The lowest BCUT2D eigenvalue weighted by Gasteiger charge is -2.40. The molecular formula is C18H34ClN3O2. The Hall–Kier alpha value is -0.810. The second kappa shape index (κ2) is 8.52. The summed E-state index contributed by atoms with van der Waals surface area (Å²) in [5, 5.41) is 0. The fraction of sp³-hybridized carbons (Fsp3) is 0.889. The molecule has 24 heavy (non-hydrogen) atoms. The molecule has 2 N–H and O–H groups in total. The predicted molar refractivity (Wildman–Crippen MR) is 99.0 cm³/mol. The molecule has 5 nitrogen and oxygen atoms in total. The zero-order chi connectivity index (χ0) is 17.2. The number of carbonyl (C=O) groups is 2. The predicted octanol–water partition coefficient (Wildman–Crippen LogP) is 2.28. The van der Waals surface area contributed by atoms with Gasteiger partial charge in [-0.3, -0.25) is 9.59 Å². The zero-order valence-electron chi connectivity index (χ0n) is 15.6. The molecule has 2 rings (SSSR count). The van der Waals surface area contributed by atoms with Gasteiger partial charge in [-0.15, -0.1) is 12.4 Å². The van der Waals surface area contributed by atoms with E-state index in [2.05, 4.69) is 0 Å². The Bertz CT molecular complexity index is 448. The Balaban J connectivity index is 0.00000288. The Morgan fingerprint density at radius 2 is 1.62 bits per heavy atom. The molecule has 2 amide bonds. The number of amides is 2. The number of likely N-dealkylation sites (tertiary alicyclic amines) is 2. The average molecular weight is 360 g/mol. The molecule has 0 aromatic heterocycles. The van der Waals surface area contributed by atoms with Crippen molar-refractivity contribution in [3.63, 3.8) is 0 Å². The van der Waals surface area contributed by atoms with Crippen molar-refractivity contribution in [3.8, 4) is 0 Å². The third-order valence-corrected chi connectivity index (χ3v) is 5.21. The SMILES string of the molecule is CC(N)C1CCCN(C(=O)C2CCCN(C(=O)C(C)(C)C)C2)C1.Cl. The maximum absolute atomic E-state index is 12.9. The van der Waals surface area contributed by atoms with Crippen LogP contribution in [0.25, 0.3) is 0 Å². The molecule has 140 valence electrons. The summed E-state index contributed by atoms with van der Waals surface area (Å²) in [5.74, 6) is 0.745. The van der Waals surface area contributed by atoms with Gasteiger partial charge >= 0.3 is 0 Å². The number of rotatable bonds is 2. The first-order valence-electron chi connectivity index (χ1n) is 9.04. The third kappa shape index (κ3) is 5.09. The molecule has 6 heteroatoms. The number of hydrogen-bond donors (Lipinski definition) is 1. The maximum Gasteiger partial charge on any atom is 0.227 e. The van der Waals surface area contributed by atoms with E-state index in [0.29, 0.717) is 12.5 Å². The summed E-state index contributed by atoms with van der Waals surface area (Å²) in [6.45, 7) is 10.8. The molecule has 2 aliphatic heterocycles. The molecule has 2 heterocycles. The molecule has 0 aromatic carbocycles. The van der Waals surface area contributed by atoms with Crippen molar-refractivity contribution in [2.75, 3.05) is 26.2 Å². The highest BCUT2D eigenvalue weighted by Gasteiger charge is 2.36. The van der Waals surface area contributed by atoms with Crippen LogP contribution >= 0.6 is 12.4 Å². The molecule has 3 unspecified atom stereocenters. The van der Waals surface area contributed by atoms with Crippen LogP contribution in [0.1, 0.15) is 53.4 Å². The van der Waals surface area contributed by atoms with Crippen LogP contribution in [0.4, 0.5) is 0 Å². The highest BCUT2D eigenvalue weighted by Crippen LogP contribution is 2.26. The van der Waals surface area contributed by atoms with Crippen molar-refractivity contribution >= 4 is 24.2 Å².